The Morgan fingerprint density at radius 2 is 2.33 bits per heavy atom. The highest BCUT2D eigenvalue weighted by atomic mass is 16.5. The Kier molecular flexibility index (Phi) is 2.47. The smallest absolute Gasteiger partial charge is 0.356 e. The molecular formula is C7H6N2O3. The second kappa shape index (κ2) is 3.56. The number of carbonyl (C=O) groups excluding carboxylic acids is 1. The van der Waals surface area contributed by atoms with E-state index < -0.39 is 5.97 Å². The van der Waals surface area contributed by atoms with E-state index in [1.807, 2.05) is 0 Å². The van der Waals surface area contributed by atoms with Gasteiger partial charge < -0.3 is 4.74 Å². The van der Waals surface area contributed by atoms with E-state index >= 15 is 0 Å². The molecule has 0 atom stereocenters. The summed E-state index contributed by atoms with van der Waals surface area (Å²) in [6.45, 7) is 0. The van der Waals surface area contributed by atoms with Gasteiger partial charge in [0.05, 0.1) is 13.3 Å². The lowest BCUT2D eigenvalue weighted by atomic mass is 10.3. The van der Waals surface area contributed by atoms with Crippen molar-refractivity contribution in [1.82, 2.24) is 4.98 Å². The van der Waals surface area contributed by atoms with Gasteiger partial charge in [-0.25, -0.2) is 9.78 Å². The minimum absolute atomic E-state index is 0.157. The minimum Gasteiger partial charge on any atom is -0.464 e. The number of pyridine rings is 1. The highest BCUT2D eigenvalue weighted by Crippen LogP contribution is 2.09. The van der Waals surface area contributed by atoms with Gasteiger partial charge in [0.15, 0.2) is 0 Å². The molecule has 0 aliphatic rings. The van der Waals surface area contributed by atoms with Gasteiger partial charge in [-0.15, -0.1) is 4.91 Å². The van der Waals surface area contributed by atoms with Gasteiger partial charge in [0.2, 0.25) is 0 Å². The van der Waals surface area contributed by atoms with Crippen LogP contribution >= 0.6 is 0 Å². The Bertz CT molecular complexity index is 294. The van der Waals surface area contributed by atoms with Crippen molar-refractivity contribution in [1.29, 1.82) is 0 Å². The molecule has 0 amide bonds. The van der Waals surface area contributed by atoms with Crippen LogP contribution < -0.4 is 0 Å². The first-order valence-electron chi connectivity index (χ1n) is 3.15. The van der Waals surface area contributed by atoms with Crippen molar-refractivity contribution in [2.75, 3.05) is 7.11 Å². The number of rotatable bonds is 2. The van der Waals surface area contributed by atoms with E-state index in [-0.39, 0.29) is 11.4 Å². The van der Waals surface area contributed by atoms with Crippen LogP contribution in [-0.2, 0) is 4.74 Å². The number of carbonyl (C=O) groups is 1. The third-order valence-electron chi connectivity index (χ3n) is 1.25. The maximum absolute atomic E-state index is 10.8. The topological polar surface area (TPSA) is 68.6 Å². The third-order valence-corrected chi connectivity index (χ3v) is 1.25. The Morgan fingerprint density at radius 1 is 1.58 bits per heavy atom. The molecule has 1 aromatic rings. The average molecular weight is 166 g/mol. The summed E-state index contributed by atoms with van der Waals surface area (Å²) in [5.41, 5.74) is 0.340. The fourth-order valence-electron chi connectivity index (χ4n) is 0.665. The summed E-state index contributed by atoms with van der Waals surface area (Å²) >= 11 is 0. The molecule has 0 saturated heterocycles. The molecule has 0 aromatic carbocycles. The molecule has 0 saturated carbocycles. The summed E-state index contributed by atoms with van der Waals surface area (Å²) in [6.07, 6.45) is 1.21. The number of nitrogens with zero attached hydrogens (tertiary/aromatic N) is 2. The molecule has 12 heavy (non-hydrogen) atoms. The van der Waals surface area contributed by atoms with Crippen LogP contribution in [0.25, 0.3) is 0 Å². The average Bonchev–Trinajstić information content (AvgIpc) is 2.17. The molecule has 0 unspecified atom stereocenters. The van der Waals surface area contributed by atoms with Gasteiger partial charge in [-0.2, -0.15) is 0 Å². The number of methoxy groups -OCH3 is 1. The zero-order chi connectivity index (χ0) is 8.97. The quantitative estimate of drug-likeness (QED) is 0.490. The summed E-state index contributed by atoms with van der Waals surface area (Å²) in [6, 6.07) is 2.77. The summed E-state index contributed by atoms with van der Waals surface area (Å²) in [5, 5.41) is 2.63. The summed E-state index contributed by atoms with van der Waals surface area (Å²) in [5.74, 6) is -0.535. The van der Waals surface area contributed by atoms with Gasteiger partial charge in [0.25, 0.3) is 0 Å². The van der Waals surface area contributed by atoms with Crippen molar-refractivity contribution in [2.24, 2.45) is 5.18 Å². The predicted molar refractivity (Wildman–Crippen MR) is 41.0 cm³/mol. The molecule has 0 fully saturated rings. The van der Waals surface area contributed by atoms with Crippen LogP contribution in [-0.4, -0.2) is 18.1 Å². The predicted octanol–water partition coefficient (Wildman–Crippen LogP) is 1.27. The first-order chi connectivity index (χ1) is 5.77. The maximum Gasteiger partial charge on any atom is 0.356 e. The lowest BCUT2D eigenvalue weighted by molar-refractivity contribution is 0.0594. The SMILES string of the molecule is COC(=O)c1ccc(N=O)cn1. The van der Waals surface area contributed by atoms with E-state index in [1.54, 1.807) is 0 Å². The van der Waals surface area contributed by atoms with E-state index in [2.05, 4.69) is 14.9 Å². The second-order valence-electron chi connectivity index (χ2n) is 1.98. The highest BCUT2D eigenvalue weighted by molar-refractivity contribution is 5.87. The van der Waals surface area contributed by atoms with Crippen LogP contribution in [0, 0.1) is 4.91 Å². The Labute approximate surface area is 68.4 Å². The largest absolute Gasteiger partial charge is 0.464 e. The van der Waals surface area contributed by atoms with Crippen molar-refractivity contribution in [3.8, 4) is 0 Å². The third kappa shape index (κ3) is 1.63. The van der Waals surface area contributed by atoms with Crippen molar-refractivity contribution in [2.45, 2.75) is 0 Å². The number of ether oxygens (including phenoxy) is 1. The van der Waals surface area contributed by atoms with Gasteiger partial charge in [-0.3, -0.25) is 0 Å². The van der Waals surface area contributed by atoms with Gasteiger partial charge >= 0.3 is 5.97 Å². The van der Waals surface area contributed by atoms with Crippen LogP contribution in [0.1, 0.15) is 10.5 Å². The van der Waals surface area contributed by atoms with Crippen molar-refractivity contribution < 1.29 is 9.53 Å². The van der Waals surface area contributed by atoms with E-state index in [0.717, 1.165) is 0 Å². The Hall–Kier alpha value is -1.78. The fourth-order valence-corrected chi connectivity index (χ4v) is 0.665. The molecule has 1 rings (SSSR count). The standard InChI is InChI=1S/C7H6N2O3/c1-12-7(10)6-3-2-5(9-11)4-8-6/h2-4H,1H3. The number of esters is 1. The van der Waals surface area contributed by atoms with Crippen LogP contribution in [0.2, 0.25) is 0 Å². The molecule has 0 radical (unpaired) electrons. The number of nitroso groups, excluding NO2 is 1. The highest BCUT2D eigenvalue weighted by Gasteiger charge is 2.05. The molecule has 0 spiro atoms. The van der Waals surface area contributed by atoms with E-state index in [0.29, 0.717) is 0 Å². The van der Waals surface area contributed by atoms with Crippen molar-refractivity contribution in [3.63, 3.8) is 0 Å². The van der Waals surface area contributed by atoms with Crippen LogP contribution in [0.5, 0.6) is 0 Å². The minimum atomic E-state index is -0.535. The zero-order valence-corrected chi connectivity index (χ0v) is 6.35. The molecule has 0 bridgehead atoms. The zero-order valence-electron chi connectivity index (χ0n) is 6.35. The molecule has 1 heterocycles. The van der Waals surface area contributed by atoms with E-state index in [9.17, 15) is 9.70 Å². The maximum atomic E-state index is 10.8. The number of hydrogen-bond donors (Lipinski definition) is 0. The Balaban J connectivity index is 2.91. The molecular weight excluding hydrogens is 160 g/mol. The molecule has 0 N–H and O–H groups in total. The van der Waals surface area contributed by atoms with Crippen molar-refractivity contribution >= 4 is 11.7 Å². The molecule has 5 heteroatoms. The van der Waals surface area contributed by atoms with Crippen LogP contribution in [0.15, 0.2) is 23.5 Å². The van der Waals surface area contributed by atoms with Gasteiger partial charge in [-0.1, -0.05) is 0 Å². The van der Waals surface area contributed by atoms with Gasteiger partial charge in [0.1, 0.15) is 11.4 Å². The van der Waals surface area contributed by atoms with Crippen LogP contribution in [0.4, 0.5) is 5.69 Å². The normalized spacial score (nSPS) is 9.08. The van der Waals surface area contributed by atoms with E-state index in [1.165, 1.54) is 25.4 Å². The Morgan fingerprint density at radius 3 is 2.75 bits per heavy atom. The fraction of sp³-hybridized carbons (Fsp3) is 0.143. The van der Waals surface area contributed by atoms with Crippen molar-refractivity contribution in [3.05, 3.63) is 28.9 Å². The number of aromatic nitrogens is 1. The monoisotopic (exact) mass is 166 g/mol. The lowest BCUT2D eigenvalue weighted by Crippen LogP contribution is -2.02. The molecule has 0 aliphatic heterocycles. The van der Waals surface area contributed by atoms with Crippen LogP contribution in [0.3, 0.4) is 0 Å². The number of hydrogen-bond acceptors (Lipinski definition) is 5. The summed E-state index contributed by atoms with van der Waals surface area (Å²) in [7, 11) is 1.26. The van der Waals surface area contributed by atoms with E-state index in [4.69, 9.17) is 0 Å². The summed E-state index contributed by atoms with van der Waals surface area (Å²) < 4.78 is 4.40. The first kappa shape index (κ1) is 8.32. The second-order valence-corrected chi connectivity index (χ2v) is 1.98. The van der Waals surface area contributed by atoms with Gasteiger partial charge in [-0.05, 0) is 17.3 Å². The lowest BCUT2D eigenvalue weighted by Gasteiger charge is -1.95. The molecule has 62 valence electrons. The molecule has 0 aliphatic carbocycles. The first-order valence-corrected chi connectivity index (χ1v) is 3.15. The molecule has 5 nitrogen and oxygen atoms in total. The van der Waals surface area contributed by atoms with Gasteiger partial charge in [0, 0.05) is 0 Å². The summed E-state index contributed by atoms with van der Waals surface area (Å²) in [4.78, 5) is 24.4. The molecule has 1 aromatic heterocycles.